The monoisotopic (exact) mass is 393 g/mol. The van der Waals surface area contributed by atoms with E-state index in [0.29, 0.717) is 17.3 Å². The van der Waals surface area contributed by atoms with Crippen LogP contribution in [-0.2, 0) is 6.61 Å². The molecular weight excluding hydrogens is 380 g/mol. The molecule has 0 spiro atoms. The van der Waals surface area contributed by atoms with Gasteiger partial charge in [-0.1, -0.05) is 6.07 Å². The van der Waals surface area contributed by atoms with E-state index in [4.69, 9.17) is 0 Å². The SMILES string of the molecule is Cc1nc(CO)cc(Nc2ncc(F)c3nn(-c4c(F)cccc4C#N)cc23)n1. The minimum atomic E-state index is -0.700. The molecule has 1 aromatic carbocycles. The van der Waals surface area contributed by atoms with Gasteiger partial charge >= 0.3 is 0 Å². The standard InChI is InChI=1S/C19H13F2N7O/c1-10-24-12(9-29)5-16(25-10)26-19-13-8-28(27-17(13)15(21)7-23-19)18-11(6-22)3-2-4-14(18)20/h2-5,7-8,29H,9H2,1H3,(H,23,24,25,26). The van der Waals surface area contributed by atoms with Gasteiger partial charge in [-0.05, 0) is 19.1 Å². The van der Waals surface area contributed by atoms with Crippen molar-refractivity contribution in [3.05, 3.63) is 65.4 Å². The first kappa shape index (κ1) is 18.4. The molecule has 0 unspecified atom stereocenters. The molecular formula is C19H13F2N7O. The molecule has 3 aromatic heterocycles. The zero-order valence-corrected chi connectivity index (χ0v) is 15.1. The Balaban J connectivity index is 1.86. The average Bonchev–Trinajstić information content (AvgIpc) is 3.15. The van der Waals surface area contributed by atoms with Crippen LogP contribution in [0.4, 0.5) is 20.4 Å². The van der Waals surface area contributed by atoms with E-state index >= 15 is 0 Å². The van der Waals surface area contributed by atoms with E-state index in [1.54, 1.807) is 6.92 Å². The second kappa shape index (κ2) is 7.21. The van der Waals surface area contributed by atoms with E-state index in [9.17, 15) is 19.1 Å². The number of pyridine rings is 1. The lowest BCUT2D eigenvalue weighted by molar-refractivity contribution is 0.276. The number of aliphatic hydroxyl groups is 1. The fraction of sp³-hybridized carbons (Fsp3) is 0.105. The fourth-order valence-corrected chi connectivity index (χ4v) is 2.92. The van der Waals surface area contributed by atoms with Crippen molar-refractivity contribution in [2.24, 2.45) is 0 Å². The van der Waals surface area contributed by atoms with Crippen LogP contribution in [0, 0.1) is 29.9 Å². The Morgan fingerprint density at radius 1 is 1.24 bits per heavy atom. The van der Waals surface area contributed by atoms with Crippen molar-refractivity contribution in [1.29, 1.82) is 5.26 Å². The molecule has 0 aliphatic rings. The summed E-state index contributed by atoms with van der Waals surface area (Å²) in [4.78, 5) is 12.3. The molecule has 144 valence electrons. The number of hydrogen-bond donors (Lipinski definition) is 2. The van der Waals surface area contributed by atoms with Crippen molar-refractivity contribution in [3.63, 3.8) is 0 Å². The number of anilines is 2. The lowest BCUT2D eigenvalue weighted by Gasteiger charge is -2.08. The van der Waals surface area contributed by atoms with Gasteiger partial charge in [-0.2, -0.15) is 10.4 Å². The average molecular weight is 393 g/mol. The van der Waals surface area contributed by atoms with E-state index in [1.807, 2.05) is 6.07 Å². The summed E-state index contributed by atoms with van der Waals surface area (Å²) in [5, 5.41) is 25.9. The van der Waals surface area contributed by atoms with Gasteiger partial charge in [0.05, 0.1) is 29.4 Å². The summed E-state index contributed by atoms with van der Waals surface area (Å²) < 4.78 is 29.8. The quantitative estimate of drug-likeness (QED) is 0.548. The van der Waals surface area contributed by atoms with Gasteiger partial charge in [0.1, 0.15) is 40.6 Å². The highest BCUT2D eigenvalue weighted by Gasteiger charge is 2.17. The lowest BCUT2D eigenvalue weighted by atomic mass is 10.2. The zero-order valence-electron chi connectivity index (χ0n) is 15.1. The summed E-state index contributed by atoms with van der Waals surface area (Å²) in [6.07, 6.45) is 2.36. The normalized spacial score (nSPS) is 10.9. The second-order valence-electron chi connectivity index (χ2n) is 6.11. The Bertz CT molecular complexity index is 1280. The summed E-state index contributed by atoms with van der Waals surface area (Å²) in [6.45, 7) is 1.39. The first-order chi connectivity index (χ1) is 14.0. The number of aliphatic hydroxyl groups excluding tert-OH is 1. The maximum atomic E-state index is 14.3. The van der Waals surface area contributed by atoms with Gasteiger partial charge in [0.15, 0.2) is 5.82 Å². The van der Waals surface area contributed by atoms with Crippen LogP contribution >= 0.6 is 0 Å². The van der Waals surface area contributed by atoms with E-state index in [-0.39, 0.29) is 34.6 Å². The summed E-state index contributed by atoms with van der Waals surface area (Å²) in [5.74, 6) is -0.367. The van der Waals surface area contributed by atoms with Gasteiger partial charge in [-0.3, -0.25) is 0 Å². The van der Waals surface area contributed by atoms with Crippen LogP contribution in [0.1, 0.15) is 17.1 Å². The van der Waals surface area contributed by atoms with Gasteiger partial charge in [0, 0.05) is 12.3 Å². The molecule has 4 aromatic rings. The third kappa shape index (κ3) is 3.35. The minimum absolute atomic E-state index is 0.0530. The molecule has 0 saturated carbocycles. The van der Waals surface area contributed by atoms with Crippen molar-refractivity contribution in [3.8, 4) is 11.8 Å². The molecule has 0 atom stereocenters. The molecule has 0 saturated heterocycles. The van der Waals surface area contributed by atoms with Crippen LogP contribution in [0.15, 0.2) is 36.7 Å². The number of nitrogens with zero attached hydrogens (tertiary/aromatic N) is 6. The number of nitrogens with one attached hydrogen (secondary N) is 1. The number of benzene rings is 1. The maximum Gasteiger partial charge on any atom is 0.169 e. The van der Waals surface area contributed by atoms with Crippen LogP contribution < -0.4 is 5.32 Å². The summed E-state index contributed by atoms with van der Waals surface area (Å²) in [6, 6.07) is 7.47. The van der Waals surface area contributed by atoms with Crippen LogP contribution in [0.5, 0.6) is 0 Å². The van der Waals surface area contributed by atoms with Gasteiger partial charge in [-0.15, -0.1) is 0 Å². The number of para-hydroxylation sites is 1. The summed E-state index contributed by atoms with van der Waals surface area (Å²) in [7, 11) is 0. The topological polar surface area (TPSA) is 113 Å². The first-order valence-electron chi connectivity index (χ1n) is 8.45. The lowest BCUT2D eigenvalue weighted by Crippen LogP contribution is -2.02. The largest absolute Gasteiger partial charge is 0.390 e. The highest BCUT2D eigenvalue weighted by atomic mass is 19.1. The molecule has 0 amide bonds. The van der Waals surface area contributed by atoms with Crippen molar-refractivity contribution in [2.45, 2.75) is 13.5 Å². The van der Waals surface area contributed by atoms with E-state index in [2.05, 4.69) is 25.4 Å². The Labute approximate surface area is 163 Å². The molecule has 0 bridgehead atoms. The molecule has 10 heteroatoms. The summed E-state index contributed by atoms with van der Waals surface area (Å²) in [5.41, 5.74) is 0.318. The molecule has 0 aliphatic carbocycles. The van der Waals surface area contributed by atoms with E-state index < -0.39 is 11.6 Å². The van der Waals surface area contributed by atoms with Crippen molar-refractivity contribution >= 4 is 22.5 Å². The highest BCUT2D eigenvalue weighted by molar-refractivity contribution is 5.91. The first-order valence-corrected chi connectivity index (χ1v) is 8.45. The third-order valence-electron chi connectivity index (χ3n) is 4.14. The van der Waals surface area contributed by atoms with Crippen LogP contribution in [0.3, 0.4) is 0 Å². The predicted molar refractivity (Wildman–Crippen MR) is 99.5 cm³/mol. The van der Waals surface area contributed by atoms with Crippen molar-refractivity contribution in [2.75, 3.05) is 5.32 Å². The molecule has 2 N–H and O–H groups in total. The number of hydrogen-bond acceptors (Lipinski definition) is 7. The van der Waals surface area contributed by atoms with Gasteiger partial charge < -0.3 is 10.4 Å². The predicted octanol–water partition coefficient (Wildman–Crippen LogP) is 2.90. The summed E-state index contributed by atoms with van der Waals surface area (Å²) >= 11 is 0. The van der Waals surface area contributed by atoms with Crippen LogP contribution in [0.25, 0.3) is 16.6 Å². The fourth-order valence-electron chi connectivity index (χ4n) is 2.92. The molecule has 3 heterocycles. The number of aryl methyl sites for hydroxylation is 1. The molecule has 8 nitrogen and oxygen atoms in total. The number of nitriles is 1. The van der Waals surface area contributed by atoms with Gasteiger partial charge in [-0.25, -0.2) is 28.4 Å². The smallest absolute Gasteiger partial charge is 0.169 e. The van der Waals surface area contributed by atoms with E-state index in [1.165, 1.54) is 30.5 Å². The number of aromatic nitrogens is 5. The van der Waals surface area contributed by atoms with Crippen LogP contribution in [0.2, 0.25) is 0 Å². The van der Waals surface area contributed by atoms with E-state index in [0.717, 1.165) is 10.9 Å². The minimum Gasteiger partial charge on any atom is -0.390 e. The molecule has 0 fully saturated rings. The van der Waals surface area contributed by atoms with Crippen molar-refractivity contribution < 1.29 is 13.9 Å². The third-order valence-corrected chi connectivity index (χ3v) is 4.14. The van der Waals surface area contributed by atoms with Crippen molar-refractivity contribution in [1.82, 2.24) is 24.7 Å². The second-order valence-corrected chi connectivity index (χ2v) is 6.11. The molecule has 0 aliphatic heterocycles. The van der Waals surface area contributed by atoms with Gasteiger partial charge in [0.2, 0.25) is 0 Å². The molecule has 4 rings (SSSR count). The number of halogens is 2. The Hall–Kier alpha value is -3.97. The van der Waals surface area contributed by atoms with Gasteiger partial charge in [0.25, 0.3) is 0 Å². The Morgan fingerprint density at radius 3 is 2.83 bits per heavy atom. The molecule has 0 radical (unpaired) electrons. The maximum absolute atomic E-state index is 14.3. The highest BCUT2D eigenvalue weighted by Crippen LogP contribution is 2.28. The number of rotatable bonds is 4. The molecule has 29 heavy (non-hydrogen) atoms. The Kier molecular flexibility index (Phi) is 4.58. The Morgan fingerprint density at radius 2 is 2.07 bits per heavy atom. The number of fused-ring (bicyclic) bond motifs is 1. The van der Waals surface area contributed by atoms with Crippen LogP contribution in [-0.4, -0.2) is 29.8 Å². The zero-order chi connectivity index (χ0) is 20.5.